The standard InChI is InChI=1S/C23H23ClO/c1-18(22-13-15-23(24)16-14-22)25-17-21-11-9-20(10-12-21)8-7-19-5-3-2-4-6-19/h2-6,9-16,18H,7-8,17H2,1H3. The van der Waals surface area contributed by atoms with Crippen molar-refractivity contribution in [2.45, 2.75) is 32.5 Å². The third-order valence-corrected chi connectivity index (χ3v) is 4.66. The average Bonchev–Trinajstić information content (AvgIpc) is 2.67. The van der Waals surface area contributed by atoms with E-state index in [1.54, 1.807) is 0 Å². The van der Waals surface area contributed by atoms with Crippen molar-refractivity contribution in [3.63, 3.8) is 0 Å². The van der Waals surface area contributed by atoms with Gasteiger partial charge in [-0.15, -0.1) is 0 Å². The summed E-state index contributed by atoms with van der Waals surface area (Å²) < 4.78 is 5.98. The van der Waals surface area contributed by atoms with Crippen molar-refractivity contribution in [1.82, 2.24) is 0 Å². The first kappa shape index (κ1) is 17.7. The number of benzene rings is 3. The number of aryl methyl sites for hydroxylation is 2. The number of hydrogen-bond donors (Lipinski definition) is 0. The van der Waals surface area contributed by atoms with E-state index < -0.39 is 0 Å². The topological polar surface area (TPSA) is 9.23 Å². The van der Waals surface area contributed by atoms with Crippen LogP contribution in [0.15, 0.2) is 78.9 Å². The van der Waals surface area contributed by atoms with E-state index in [2.05, 4.69) is 61.5 Å². The zero-order valence-corrected chi connectivity index (χ0v) is 15.2. The molecule has 0 spiro atoms. The summed E-state index contributed by atoms with van der Waals surface area (Å²) in [7, 11) is 0. The van der Waals surface area contributed by atoms with Gasteiger partial charge in [-0.25, -0.2) is 0 Å². The van der Waals surface area contributed by atoms with Crippen LogP contribution in [0, 0.1) is 0 Å². The highest BCUT2D eigenvalue weighted by Gasteiger charge is 2.06. The predicted molar refractivity (Wildman–Crippen MR) is 105 cm³/mol. The van der Waals surface area contributed by atoms with Crippen LogP contribution in [0.5, 0.6) is 0 Å². The maximum absolute atomic E-state index is 5.98. The van der Waals surface area contributed by atoms with Crippen LogP contribution >= 0.6 is 11.6 Å². The molecule has 0 fully saturated rings. The predicted octanol–water partition coefficient (Wildman–Crippen LogP) is 6.40. The van der Waals surface area contributed by atoms with E-state index in [1.807, 2.05) is 24.3 Å². The molecule has 0 saturated carbocycles. The fourth-order valence-corrected chi connectivity index (χ4v) is 2.91. The molecule has 0 radical (unpaired) electrons. The molecule has 3 aromatic rings. The minimum Gasteiger partial charge on any atom is -0.369 e. The molecule has 1 nitrogen and oxygen atoms in total. The second-order valence-electron chi connectivity index (χ2n) is 6.31. The number of halogens is 1. The lowest BCUT2D eigenvalue weighted by atomic mass is 10.0. The van der Waals surface area contributed by atoms with Crippen LogP contribution in [0.4, 0.5) is 0 Å². The van der Waals surface area contributed by atoms with Crippen molar-refractivity contribution in [3.05, 3.63) is 106 Å². The Hall–Kier alpha value is -2.09. The largest absolute Gasteiger partial charge is 0.369 e. The molecule has 2 heteroatoms. The van der Waals surface area contributed by atoms with Gasteiger partial charge in [0, 0.05) is 5.02 Å². The molecule has 0 bridgehead atoms. The van der Waals surface area contributed by atoms with E-state index in [0.717, 1.165) is 23.4 Å². The summed E-state index contributed by atoms with van der Waals surface area (Å²) in [4.78, 5) is 0. The molecule has 0 aliphatic rings. The molecule has 1 unspecified atom stereocenters. The van der Waals surface area contributed by atoms with Gasteiger partial charge >= 0.3 is 0 Å². The van der Waals surface area contributed by atoms with Crippen molar-refractivity contribution < 1.29 is 4.74 Å². The third kappa shape index (κ3) is 5.45. The highest BCUT2D eigenvalue weighted by atomic mass is 35.5. The van der Waals surface area contributed by atoms with Crippen LogP contribution in [-0.2, 0) is 24.2 Å². The number of ether oxygens (including phenoxy) is 1. The molecule has 0 aliphatic heterocycles. The van der Waals surface area contributed by atoms with Crippen LogP contribution in [0.25, 0.3) is 0 Å². The Labute approximate surface area is 155 Å². The molecule has 0 heterocycles. The molecule has 0 N–H and O–H groups in total. The zero-order chi connectivity index (χ0) is 17.5. The molecule has 0 aromatic heterocycles. The molecule has 0 aliphatic carbocycles. The van der Waals surface area contributed by atoms with Gasteiger partial charge in [0.1, 0.15) is 0 Å². The second kappa shape index (κ2) is 8.84. The van der Waals surface area contributed by atoms with Gasteiger partial charge in [-0.05, 0) is 54.2 Å². The van der Waals surface area contributed by atoms with Gasteiger partial charge < -0.3 is 4.74 Å². The fourth-order valence-electron chi connectivity index (χ4n) is 2.79. The fraction of sp³-hybridized carbons (Fsp3) is 0.217. The Morgan fingerprint density at radius 2 is 1.28 bits per heavy atom. The Morgan fingerprint density at radius 3 is 1.92 bits per heavy atom. The molecular weight excluding hydrogens is 328 g/mol. The average molecular weight is 351 g/mol. The second-order valence-corrected chi connectivity index (χ2v) is 6.74. The van der Waals surface area contributed by atoms with Gasteiger partial charge in [-0.1, -0.05) is 78.3 Å². The number of hydrogen-bond acceptors (Lipinski definition) is 1. The molecule has 128 valence electrons. The monoisotopic (exact) mass is 350 g/mol. The van der Waals surface area contributed by atoms with Crippen LogP contribution in [-0.4, -0.2) is 0 Å². The van der Waals surface area contributed by atoms with Crippen molar-refractivity contribution in [3.8, 4) is 0 Å². The lowest BCUT2D eigenvalue weighted by Gasteiger charge is -2.14. The SMILES string of the molecule is CC(OCc1ccc(CCc2ccccc2)cc1)c1ccc(Cl)cc1. The maximum atomic E-state index is 5.98. The number of rotatable bonds is 7. The third-order valence-electron chi connectivity index (χ3n) is 4.41. The van der Waals surface area contributed by atoms with Crippen LogP contribution < -0.4 is 0 Å². The van der Waals surface area contributed by atoms with Crippen molar-refractivity contribution >= 4 is 11.6 Å². The summed E-state index contributed by atoms with van der Waals surface area (Å²) in [6.45, 7) is 2.68. The van der Waals surface area contributed by atoms with Crippen LogP contribution in [0.1, 0.15) is 35.3 Å². The minimum atomic E-state index is 0.0509. The normalized spacial score (nSPS) is 12.1. The first-order valence-electron chi connectivity index (χ1n) is 8.69. The lowest BCUT2D eigenvalue weighted by molar-refractivity contribution is 0.0525. The zero-order valence-electron chi connectivity index (χ0n) is 14.5. The summed E-state index contributed by atoms with van der Waals surface area (Å²) in [5.74, 6) is 0. The van der Waals surface area contributed by atoms with E-state index in [0.29, 0.717) is 6.61 Å². The molecule has 0 amide bonds. The smallest absolute Gasteiger partial charge is 0.0801 e. The van der Waals surface area contributed by atoms with Gasteiger partial charge in [0.15, 0.2) is 0 Å². The molecule has 3 rings (SSSR count). The van der Waals surface area contributed by atoms with Gasteiger partial charge in [0.25, 0.3) is 0 Å². The highest BCUT2D eigenvalue weighted by molar-refractivity contribution is 6.30. The molecular formula is C23H23ClO. The highest BCUT2D eigenvalue weighted by Crippen LogP contribution is 2.21. The van der Waals surface area contributed by atoms with Crippen molar-refractivity contribution in [1.29, 1.82) is 0 Å². The Morgan fingerprint density at radius 1 is 0.720 bits per heavy atom. The van der Waals surface area contributed by atoms with E-state index in [4.69, 9.17) is 16.3 Å². The Bertz CT molecular complexity index is 763. The van der Waals surface area contributed by atoms with Gasteiger partial charge in [-0.2, -0.15) is 0 Å². The van der Waals surface area contributed by atoms with E-state index in [1.165, 1.54) is 16.7 Å². The maximum Gasteiger partial charge on any atom is 0.0801 e. The summed E-state index contributed by atoms with van der Waals surface area (Å²) >= 11 is 5.93. The van der Waals surface area contributed by atoms with Gasteiger partial charge in [0.2, 0.25) is 0 Å². The Balaban J connectivity index is 1.49. The van der Waals surface area contributed by atoms with E-state index in [-0.39, 0.29) is 6.10 Å². The Kier molecular flexibility index (Phi) is 6.27. The summed E-state index contributed by atoms with van der Waals surface area (Å²) in [6, 6.07) is 27.2. The molecule has 0 saturated heterocycles. The first-order valence-corrected chi connectivity index (χ1v) is 9.07. The van der Waals surface area contributed by atoms with Crippen molar-refractivity contribution in [2.75, 3.05) is 0 Å². The van der Waals surface area contributed by atoms with Gasteiger partial charge in [0.05, 0.1) is 12.7 Å². The molecule has 25 heavy (non-hydrogen) atoms. The minimum absolute atomic E-state index is 0.0509. The van der Waals surface area contributed by atoms with E-state index in [9.17, 15) is 0 Å². The summed E-state index contributed by atoms with van der Waals surface area (Å²) in [5, 5.41) is 0.752. The van der Waals surface area contributed by atoms with Gasteiger partial charge in [-0.3, -0.25) is 0 Å². The quantitative estimate of drug-likeness (QED) is 0.478. The first-order chi connectivity index (χ1) is 12.2. The molecule has 3 aromatic carbocycles. The van der Waals surface area contributed by atoms with Crippen LogP contribution in [0.2, 0.25) is 5.02 Å². The summed E-state index contributed by atoms with van der Waals surface area (Å²) in [5.41, 5.74) is 5.08. The lowest BCUT2D eigenvalue weighted by Crippen LogP contribution is -2.00. The van der Waals surface area contributed by atoms with Crippen molar-refractivity contribution in [2.24, 2.45) is 0 Å². The van der Waals surface area contributed by atoms with Crippen LogP contribution in [0.3, 0.4) is 0 Å². The molecule has 1 atom stereocenters. The summed E-state index contributed by atoms with van der Waals surface area (Å²) in [6.07, 6.45) is 2.19. The van der Waals surface area contributed by atoms with E-state index >= 15 is 0 Å².